The summed E-state index contributed by atoms with van der Waals surface area (Å²) < 4.78 is 11.0. The van der Waals surface area contributed by atoms with Gasteiger partial charge < -0.3 is 14.8 Å². The number of carbonyl (C=O) groups excluding carboxylic acids is 1. The minimum Gasteiger partial charge on any atom is -0.462 e. The number of hydrogen-bond donors (Lipinski definition) is 1. The molecule has 1 aromatic carbocycles. The first-order chi connectivity index (χ1) is 9.52. The Hall–Kier alpha value is -1.39. The van der Waals surface area contributed by atoms with Gasteiger partial charge in [0.1, 0.15) is 0 Å². The van der Waals surface area contributed by atoms with E-state index >= 15 is 0 Å². The number of morpholine rings is 1. The lowest BCUT2D eigenvalue weighted by Gasteiger charge is -2.30. The van der Waals surface area contributed by atoms with Crippen LogP contribution in [0.3, 0.4) is 0 Å². The molecule has 20 heavy (non-hydrogen) atoms. The fraction of sp³-hybridized carbons (Fsp3) is 0.562. The van der Waals surface area contributed by atoms with E-state index in [9.17, 15) is 4.79 Å². The normalized spacial score (nSPS) is 22.6. The number of hydrogen-bond acceptors (Lipinski definition) is 4. The average Bonchev–Trinajstić information content (AvgIpc) is 2.42. The summed E-state index contributed by atoms with van der Waals surface area (Å²) in [5, 5.41) is 3.42. The maximum atomic E-state index is 11.9. The van der Waals surface area contributed by atoms with Crippen LogP contribution < -0.4 is 5.32 Å². The molecule has 0 unspecified atom stereocenters. The van der Waals surface area contributed by atoms with Crippen molar-refractivity contribution in [1.82, 2.24) is 5.32 Å². The van der Waals surface area contributed by atoms with E-state index in [1.165, 1.54) is 0 Å². The molecule has 1 heterocycles. The second-order valence-electron chi connectivity index (χ2n) is 5.38. The van der Waals surface area contributed by atoms with Gasteiger partial charge in [-0.05, 0) is 50.5 Å². The first kappa shape index (κ1) is 15.0. The van der Waals surface area contributed by atoms with Crippen LogP contribution in [0.4, 0.5) is 0 Å². The second-order valence-corrected chi connectivity index (χ2v) is 5.38. The summed E-state index contributed by atoms with van der Waals surface area (Å²) in [5.74, 6) is -0.254. The summed E-state index contributed by atoms with van der Waals surface area (Å²) in [4.78, 5) is 11.9. The number of carbonyl (C=O) groups is 1. The van der Waals surface area contributed by atoms with Gasteiger partial charge in [0.2, 0.25) is 0 Å². The molecule has 1 fully saturated rings. The van der Waals surface area contributed by atoms with E-state index in [0.29, 0.717) is 24.8 Å². The van der Waals surface area contributed by atoms with E-state index < -0.39 is 0 Å². The third-order valence-corrected chi connectivity index (χ3v) is 3.65. The summed E-state index contributed by atoms with van der Waals surface area (Å²) in [6.07, 6.45) is 0.0566. The molecule has 1 N–H and O–H groups in total. The SMILES string of the molecule is CCOC(=O)c1cc(C)c([C@@H]2CN[C@H](C)CO2)cc1C. The van der Waals surface area contributed by atoms with Gasteiger partial charge in [0.05, 0.1) is 24.9 Å². The van der Waals surface area contributed by atoms with Crippen molar-refractivity contribution in [3.63, 3.8) is 0 Å². The summed E-state index contributed by atoms with van der Waals surface area (Å²) in [6.45, 7) is 9.79. The van der Waals surface area contributed by atoms with Crippen LogP contribution in [0, 0.1) is 13.8 Å². The highest BCUT2D eigenvalue weighted by Crippen LogP contribution is 2.26. The van der Waals surface area contributed by atoms with Crippen molar-refractivity contribution in [2.45, 2.75) is 39.8 Å². The predicted molar refractivity (Wildman–Crippen MR) is 78.0 cm³/mol. The van der Waals surface area contributed by atoms with E-state index in [1.807, 2.05) is 32.9 Å². The van der Waals surface area contributed by atoms with Gasteiger partial charge in [0, 0.05) is 12.6 Å². The Balaban J connectivity index is 2.24. The molecule has 1 aromatic rings. The first-order valence-electron chi connectivity index (χ1n) is 7.16. The molecular formula is C16H23NO3. The maximum absolute atomic E-state index is 11.9. The molecule has 0 aliphatic carbocycles. The first-order valence-corrected chi connectivity index (χ1v) is 7.16. The Morgan fingerprint density at radius 1 is 1.40 bits per heavy atom. The molecule has 1 saturated heterocycles. The number of benzene rings is 1. The van der Waals surface area contributed by atoms with Crippen LogP contribution in [0.2, 0.25) is 0 Å². The molecule has 110 valence electrons. The Morgan fingerprint density at radius 2 is 2.15 bits per heavy atom. The van der Waals surface area contributed by atoms with Gasteiger partial charge in [0.15, 0.2) is 0 Å². The smallest absolute Gasteiger partial charge is 0.338 e. The van der Waals surface area contributed by atoms with Gasteiger partial charge in [-0.3, -0.25) is 0 Å². The predicted octanol–water partition coefficient (Wildman–Crippen LogP) is 2.53. The van der Waals surface area contributed by atoms with Gasteiger partial charge in [-0.15, -0.1) is 0 Å². The van der Waals surface area contributed by atoms with E-state index in [0.717, 1.165) is 23.2 Å². The molecule has 0 bridgehead atoms. The van der Waals surface area contributed by atoms with Gasteiger partial charge in [-0.1, -0.05) is 6.07 Å². The zero-order chi connectivity index (χ0) is 14.7. The third-order valence-electron chi connectivity index (χ3n) is 3.65. The quantitative estimate of drug-likeness (QED) is 0.863. The summed E-state index contributed by atoms with van der Waals surface area (Å²) >= 11 is 0. The maximum Gasteiger partial charge on any atom is 0.338 e. The molecule has 2 atom stereocenters. The molecule has 0 spiro atoms. The van der Waals surface area contributed by atoms with E-state index in [2.05, 4.69) is 12.2 Å². The van der Waals surface area contributed by atoms with Crippen LogP contribution in [0.5, 0.6) is 0 Å². The van der Waals surface area contributed by atoms with Crippen LogP contribution in [-0.2, 0) is 9.47 Å². The highest BCUT2D eigenvalue weighted by molar-refractivity contribution is 5.91. The largest absolute Gasteiger partial charge is 0.462 e. The van der Waals surface area contributed by atoms with Crippen molar-refractivity contribution in [2.75, 3.05) is 19.8 Å². The van der Waals surface area contributed by atoms with Crippen molar-refractivity contribution < 1.29 is 14.3 Å². The minimum absolute atomic E-state index is 0.0566. The molecule has 0 amide bonds. The van der Waals surface area contributed by atoms with Gasteiger partial charge in [-0.25, -0.2) is 4.79 Å². The molecule has 2 rings (SSSR count). The molecule has 4 nitrogen and oxygen atoms in total. The average molecular weight is 277 g/mol. The van der Waals surface area contributed by atoms with Crippen LogP contribution in [-0.4, -0.2) is 31.8 Å². The number of rotatable bonds is 3. The van der Waals surface area contributed by atoms with Crippen molar-refractivity contribution >= 4 is 5.97 Å². The fourth-order valence-electron chi connectivity index (χ4n) is 2.50. The molecule has 0 aromatic heterocycles. The summed E-state index contributed by atoms with van der Waals surface area (Å²) in [6, 6.07) is 4.35. The molecule has 4 heteroatoms. The Labute approximate surface area is 120 Å². The summed E-state index contributed by atoms with van der Waals surface area (Å²) in [7, 11) is 0. The van der Waals surface area contributed by atoms with Crippen molar-refractivity contribution in [2.24, 2.45) is 0 Å². The summed E-state index contributed by atoms with van der Waals surface area (Å²) in [5.41, 5.74) is 3.80. The monoisotopic (exact) mass is 277 g/mol. The number of aryl methyl sites for hydroxylation is 2. The molecule has 1 aliphatic rings. The minimum atomic E-state index is -0.254. The van der Waals surface area contributed by atoms with Crippen LogP contribution in [0.15, 0.2) is 12.1 Å². The number of nitrogens with one attached hydrogen (secondary N) is 1. The lowest BCUT2D eigenvalue weighted by atomic mass is 9.95. The van der Waals surface area contributed by atoms with Gasteiger partial charge >= 0.3 is 5.97 Å². The molecule has 0 radical (unpaired) electrons. The Kier molecular flexibility index (Phi) is 4.78. The highest BCUT2D eigenvalue weighted by Gasteiger charge is 2.23. The lowest BCUT2D eigenvalue weighted by molar-refractivity contribution is 0.00655. The van der Waals surface area contributed by atoms with Gasteiger partial charge in [-0.2, -0.15) is 0 Å². The number of ether oxygens (including phenoxy) is 2. The lowest BCUT2D eigenvalue weighted by Crippen LogP contribution is -2.41. The Morgan fingerprint density at radius 3 is 2.75 bits per heavy atom. The zero-order valence-electron chi connectivity index (χ0n) is 12.7. The van der Waals surface area contributed by atoms with E-state index in [-0.39, 0.29) is 12.1 Å². The zero-order valence-corrected chi connectivity index (χ0v) is 12.7. The van der Waals surface area contributed by atoms with Crippen molar-refractivity contribution in [3.8, 4) is 0 Å². The second kappa shape index (κ2) is 6.37. The third kappa shape index (κ3) is 3.19. The van der Waals surface area contributed by atoms with Crippen LogP contribution in [0.25, 0.3) is 0 Å². The van der Waals surface area contributed by atoms with Gasteiger partial charge in [0.25, 0.3) is 0 Å². The number of esters is 1. The topological polar surface area (TPSA) is 47.6 Å². The van der Waals surface area contributed by atoms with E-state index in [1.54, 1.807) is 0 Å². The molecular weight excluding hydrogens is 254 g/mol. The Bertz CT molecular complexity index is 491. The standard InChI is InChI=1S/C16H23NO3/c1-5-19-16(18)14-7-10(2)13(6-11(14)3)15-8-17-12(4)9-20-15/h6-7,12,15,17H,5,8-9H2,1-4H3/t12-,15+/m1/s1. The van der Waals surface area contributed by atoms with E-state index in [4.69, 9.17) is 9.47 Å². The molecule has 0 saturated carbocycles. The molecule has 1 aliphatic heterocycles. The van der Waals surface area contributed by atoms with Crippen LogP contribution >= 0.6 is 0 Å². The van der Waals surface area contributed by atoms with Crippen molar-refractivity contribution in [3.05, 3.63) is 34.4 Å². The highest BCUT2D eigenvalue weighted by atomic mass is 16.5. The van der Waals surface area contributed by atoms with Crippen molar-refractivity contribution in [1.29, 1.82) is 0 Å². The van der Waals surface area contributed by atoms with Crippen LogP contribution in [0.1, 0.15) is 47.0 Å². The fourth-order valence-corrected chi connectivity index (χ4v) is 2.50.